The van der Waals surface area contributed by atoms with E-state index >= 15 is 0 Å². The van der Waals surface area contributed by atoms with Crippen molar-refractivity contribution < 1.29 is 5.11 Å². The Morgan fingerprint density at radius 3 is 2.33 bits per heavy atom. The summed E-state index contributed by atoms with van der Waals surface area (Å²) >= 11 is 0. The van der Waals surface area contributed by atoms with Gasteiger partial charge in [-0.05, 0) is 13.0 Å². The zero-order valence-electron chi connectivity index (χ0n) is 6.35. The van der Waals surface area contributed by atoms with Gasteiger partial charge < -0.3 is 10.8 Å². The van der Waals surface area contributed by atoms with Crippen molar-refractivity contribution in [3.63, 3.8) is 0 Å². The van der Waals surface area contributed by atoms with Gasteiger partial charge in [-0.25, -0.2) is 0 Å². The maximum Gasteiger partial charge on any atom is 0.0773 e. The summed E-state index contributed by atoms with van der Waals surface area (Å²) in [5, 5.41) is 8.84. The van der Waals surface area contributed by atoms with Crippen LogP contribution in [0.15, 0.2) is 0 Å². The van der Waals surface area contributed by atoms with E-state index in [1.807, 2.05) is 0 Å². The van der Waals surface area contributed by atoms with Crippen molar-refractivity contribution in [2.75, 3.05) is 12.8 Å². The molecule has 3 heteroatoms. The molecule has 0 fully saturated rings. The minimum atomic E-state index is -1.22. The SMILES string of the molecule is C[Si](C)(CO)CCCN. The average Bonchev–Trinajstić information content (AvgIpc) is 1.84. The number of aliphatic hydroxyl groups is 1. The average molecular weight is 147 g/mol. The van der Waals surface area contributed by atoms with Gasteiger partial charge in [0, 0.05) is 6.23 Å². The van der Waals surface area contributed by atoms with Crippen LogP contribution < -0.4 is 5.73 Å². The molecule has 3 N–H and O–H groups in total. The van der Waals surface area contributed by atoms with Gasteiger partial charge in [0.05, 0.1) is 8.07 Å². The summed E-state index contributed by atoms with van der Waals surface area (Å²) in [5.41, 5.74) is 5.33. The number of hydrogen-bond acceptors (Lipinski definition) is 2. The molecule has 2 nitrogen and oxygen atoms in total. The molecular formula is C6H17NOSi. The van der Waals surface area contributed by atoms with Crippen LogP contribution in [-0.2, 0) is 0 Å². The lowest BCUT2D eigenvalue weighted by atomic mass is 10.5. The van der Waals surface area contributed by atoms with Crippen LogP contribution in [0, 0.1) is 0 Å². The molecule has 0 saturated carbocycles. The third kappa shape index (κ3) is 4.63. The van der Waals surface area contributed by atoms with Crippen molar-refractivity contribution in [2.45, 2.75) is 25.6 Å². The standard InChI is InChI=1S/C6H17NOSi/c1-9(2,6-8)5-3-4-7/h8H,3-7H2,1-2H3. The lowest BCUT2D eigenvalue weighted by molar-refractivity contribution is 0.357. The first-order valence-corrected chi connectivity index (χ1v) is 6.85. The van der Waals surface area contributed by atoms with E-state index in [0.29, 0.717) is 6.23 Å². The molecule has 0 radical (unpaired) electrons. The van der Waals surface area contributed by atoms with Gasteiger partial charge in [-0.15, -0.1) is 0 Å². The largest absolute Gasteiger partial charge is 0.400 e. The van der Waals surface area contributed by atoms with E-state index in [1.54, 1.807) is 0 Å². The molecule has 9 heavy (non-hydrogen) atoms. The van der Waals surface area contributed by atoms with Crippen molar-refractivity contribution in [3.05, 3.63) is 0 Å². The summed E-state index contributed by atoms with van der Waals surface area (Å²) in [6.45, 7) is 5.13. The zero-order valence-corrected chi connectivity index (χ0v) is 7.35. The van der Waals surface area contributed by atoms with Gasteiger partial charge in [0.25, 0.3) is 0 Å². The first kappa shape index (κ1) is 9.14. The Morgan fingerprint density at radius 2 is 2.00 bits per heavy atom. The number of hydrogen-bond donors (Lipinski definition) is 2. The Labute approximate surface area is 58.1 Å². The fourth-order valence-corrected chi connectivity index (χ4v) is 1.98. The fourth-order valence-electron chi connectivity index (χ4n) is 0.660. The van der Waals surface area contributed by atoms with Crippen LogP contribution in [0.2, 0.25) is 19.1 Å². The van der Waals surface area contributed by atoms with Gasteiger partial charge in [-0.2, -0.15) is 0 Å². The first-order valence-electron chi connectivity index (χ1n) is 3.43. The Balaban J connectivity index is 3.33. The van der Waals surface area contributed by atoms with E-state index in [9.17, 15) is 0 Å². The van der Waals surface area contributed by atoms with Crippen molar-refractivity contribution in [1.29, 1.82) is 0 Å². The Bertz CT molecular complexity index is 75.5. The summed E-state index contributed by atoms with van der Waals surface area (Å²) in [7, 11) is -1.22. The second kappa shape index (κ2) is 4.03. The lowest BCUT2D eigenvalue weighted by Gasteiger charge is -2.17. The number of nitrogens with two attached hydrogens (primary N) is 1. The molecule has 0 aromatic rings. The molecule has 0 aliphatic rings. The van der Waals surface area contributed by atoms with Gasteiger partial charge in [-0.3, -0.25) is 0 Å². The minimum Gasteiger partial charge on any atom is -0.400 e. The molecule has 56 valence electrons. The lowest BCUT2D eigenvalue weighted by Crippen LogP contribution is -2.31. The van der Waals surface area contributed by atoms with E-state index in [0.717, 1.165) is 19.0 Å². The van der Waals surface area contributed by atoms with Crippen molar-refractivity contribution in [2.24, 2.45) is 5.73 Å². The molecule has 0 aliphatic heterocycles. The normalized spacial score (nSPS) is 12.0. The Hall–Kier alpha value is 0.137. The highest BCUT2D eigenvalue weighted by Gasteiger charge is 2.17. The molecule has 0 atom stereocenters. The summed E-state index contributed by atoms with van der Waals surface area (Å²) in [4.78, 5) is 0. The predicted molar refractivity (Wildman–Crippen MR) is 43.0 cm³/mol. The summed E-state index contributed by atoms with van der Waals surface area (Å²) in [5.74, 6) is 0. The third-order valence-corrected chi connectivity index (χ3v) is 4.05. The van der Waals surface area contributed by atoms with Crippen LogP contribution in [0.1, 0.15) is 6.42 Å². The van der Waals surface area contributed by atoms with Crippen LogP contribution >= 0.6 is 0 Å². The maximum absolute atomic E-state index is 8.84. The highest BCUT2D eigenvalue weighted by Crippen LogP contribution is 2.09. The summed E-state index contributed by atoms with van der Waals surface area (Å²) in [6, 6.07) is 1.15. The second-order valence-electron chi connectivity index (χ2n) is 3.21. The van der Waals surface area contributed by atoms with Crippen LogP contribution in [-0.4, -0.2) is 26.0 Å². The molecule has 0 amide bonds. The van der Waals surface area contributed by atoms with Gasteiger partial charge >= 0.3 is 0 Å². The monoisotopic (exact) mass is 147 g/mol. The minimum absolute atomic E-state index is 0.396. The topological polar surface area (TPSA) is 46.2 Å². The van der Waals surface area contributed by atoms with E-state index in [4.69, 9.17) is 10.8 Å². The molecular weight excluding hydrogens is 130 g/mol. The molecule has 0 aromatic heterocycles. The first-order chi connectivity index (χ1) is 4.12. The van der Waals surface area contributed by atoms with Crippen LogP contribution in [0.4, 0.5) is 0 Å². The Morgan fingerprint density at radius 1 is 1.44 bits per heavy atom. The van der Waals surface area contributed by atoms with E-state index in [-0.39, 0.29) is 0 Å². The molecule has 0 rings (SSSR count). The van der Waals surface area contributed by atoms with Crippen LogP contribution in [0.5, 0.6) is 0 Å². The second-order valence-corrected chi connectivity index (χ2v) is 8.36. The van der Waals surface area contributed by atoms with E-state index in [1.165, 1.54) is 0 Å². The predicted octanol–water partition coefficient (Wildman–Crippen LogP) is 0.575. The van der Waals surface area contributed by atoms with E-state index in [2.05, 4.69) is 13.1 Å². The summed E-state index contributed by atoms with van der Waals surface area (Å²) < 4.78 is 0. The molecule has 0 spiro atoms. The summed E-state index contributed by atoms with van der Waals surface area (Å²) in [6.07, 6.45) is 1.47. The highest BCUT2D eigenvalue weighted by atomic mass is 28.3. The molecule has 0 aromatic carbocycles. The highest BCUT2D eigenvalue weighted by molar-refractivity contribution is 6.77. The smallest absolute Gasteiger partial charge is 0.0773 e. The van der Waals surface area contributed by atoms with Crippen molar-refractivity contribution in [3.8, 4) is 0 Å². The molecule has 0 heterocycles. The Kier molecular flexibility index (Phi) is 4.09. The van der Waals surface area contributed by atoms with Crippen LogP contribution in [0.3, 0.4) is 0 Å². The zero-order chi connectivity index (χ0) is 7.33. The fraction of sp³-hybridized carbons (Fsp3) is 1.00. The van der Waals surface area contributed by atoms with Crippen molar-refractivity contribution in [1.82, 2.24) is 0 Å². The molecule has 0 saturated heterocycles. The molecule has 0 aliphatic carbocycles. The van der Waals surface area contributed by atoms with E-state index < -0.39 is 8.07 Å². The third-order valence-electron chi connectivity index (χ3n) is 1.49. The molecule has 0 bridgehead atoms. The molecule has 0 unspecified atom stereocenters. The number of aliphatic hydroxyl groups excluding tert-OH is 1. The van der Waals surface area contributed by atoms with Crippen molar-refractivity contribution >= 4 is 8.07 Å². The van der Waals surface area contributed by atoms with Gasteiger partial charge in [-0.1, -0.05) is 19.1 Å². The van der Waals surface area contributed by atoms with Gasteiger partial charge in [0.15, 0.2) is 0 Å². The van der Waals surface area contributed by atoms with Gasteiger partial charge in [0.2, 0.25) is 0 Å². The maximum atomic E-state index is 8.84. The quantitative estimate of drug-likeness (QED) is 0.571. The number of rotatable bonds is 4. The van der Waals surface area contributed by atoms with Gasteiger partial charge in [0.1, 0.15) is 0 Å². The van der Waals surface area contributed by atoms with Crippen LogP contribution in [0.25, 0.3) is 0 Å².